The highest BCUT2D eigenvalue weighted by Gasteiger charge is 2.02. The smallest absolute Gasteiger partial charge is 0.0650 e. The molecule has 3 rings (SSSR count). The van der Waals surface area contributed by atoms with Crippen LogP contribution in [-0.2, 0) is 0 Å². The molecule has 0 spiro atoms. The monoisotopic (exact) mass is 226 g/mol. The Balaban J connectivity index is 2.07. The summed E-state index contributed by atoms with van der Waals surface area (Å²) in [7, 11) is 0. The van der Waals surface area contributed by atoms with Crippen molar-refractivity contribution in [3.63, 3.8) is 0 Å². The van der Waals surface area contributed by atoms with Gasteiger partial charge < -0.3 is 0 Å². The van der Waals surface area contributed by atoms with E-state index in [0.29, 0.717) is 0 Å². The van der Waals surface area contributed by atoms with Crippen LogP contribution in [0.15, 0.2) is 53.4 Å². The summed E-state index contributed by atoms with van der Waals surface area (Å²) in [5, 5.41) is 11.2. The topological polar surface area (TPSA) is 28.7 Å². The predicted molar refractivity (Wildman–Crippen MR) is 67.3 cm³/mol. The molecule has 3 aromatic rings. The number of benzene rings is 1. The van der Waals surface area contributed by atoms with Gasteiger partial charge in [-0.15, -0.1) is 0 Å². The lowest BCUT2D eigenvalue weighted by molar-refractivity contribution is 1.10. The minimum absolute atomic E-state index is 1.05. The van der Waals surface area contributed by atoms with Gasteiger partial charge in [0.05, 0.1) is 5.69 Å². The zero-order valence-electron chi connectivity index (χ0n) is 8.55. The second kappa shape index (κ2) is 3.94. The number of aromatic amines is 1. The molecule has 0 bridgehead atoms. The number of thiophene rings is 1. The summed E-state index contributed by atoms with van der Waals surface area (Å²) < 4.78 is 0. The second-order valence-electron chi connectivity index (χ2n) is 3.56. The highest BCUT2D eigenvalue weighted by atomic mass is 32.1. The molecule has 0 unspecified atom stereocenters. The van der Waals surface area contributed by atoms with E-state index in [1.165, 1.54) is 16.7 Å². The molecule has 1 aromatic carbocycles. The van der Waals surface area contributed by atoms with Gasteiger partial charge in [0.2, 0.25) is 0 Å². The predicted octanol–water partition coefficient (Wildman–Crippen LogP) is 3.81. The quantitative estimate of drug-likeness (QED) is 0.707. The van der Waals surface area contributed by atoms with E-state index in [1.54, 1.807) is 17.5 Å². The summed E-state index contributed by atoms with van der Waals surface area (Å²) >= 11 is 1.72. The van der Waals surface area contributed by atoms with Gasteiger partial charge in [0.25, 0.3) is 0 Å². The largest absolute Gasteiger partial charge is 0.278 e. The minimum atomic E-state index is 1.05. The minimum Gasteiger partial charge on any atom is -0.278 e. The summed E-state index contributed by atoms with van der Waals surface area (Å²) in [4.78, 5) is 0. The van der Waals surface area contributed by atoms with Gasteiger partial charge in [-0.1, -0.05) is 18.2 Å². The molecule has 0 atom stereocenters. The van der Waals surface area contributed by atoms with Crippen molar-refractivity contribution < 1.29 is 0 Å². The van der Waals surface area contributed by atoms with Crippen LogP contribution < -0.4 is 0 Å². The number of hydrogen-bond donors (Lipinski definition) is 1. The van der Waals surface area contributed by atoms with E-state index in [4.69, 9.17) is 0 Å². The van der Waals surface area contributed by atoms with Crippen LogP contribution in [0.2, 0.25) is 0 Å². The maximum Gasteiger partial charge on any atom is 0.0650 e. The van der Waals surface area contributed by atoms with Gasteiger partial charge in [-0.25, -0.2) is 0 Å². The summed E-state index contributed by atoms with van der Waals surface area (Å²) in [5.74, 6) is 0. The lowest BCUT2D eigenvalue weighted by Crippen LogP contribution is -1.79. The Bertz CT molecular complexity index is 518. The van der Waals surface area contributed by atoms with Crippen molar-refractivity contribution in [2.75, 3.05) is 0 Å². The zero-order chi connectivity index (χ0) is 10.8. The van der Waals surface area contributed by atoms with Crippen molar-refractivity contribution >= 4 is 11.3 Å². The van der Waals surface area contributed by atoms with Crippen LogP contribution in [0.5, 0.6) is 0 Å². The molecule has 1 N–H and O–H groups in total. The van der Waals surface area contributed by atoms with Gasteiger partial charge in [-0.3, -0.25) is 5.10 Å². The standard InChI is InChI=1S/C13H10N2S/c1-2-10(12-5-7-16-9-12)8-11(3-1)13-4-6-14-15-13/h1-9H,(H,14,15). The lowest BCUT2D eigenvalue weighted by atomic mass is 10.0. The van der Waals surface area contributed by atoms with Gasteiger partial charge in [0.1, 0.15) is 0 Å². The fourth-order valence-electron chi connectivity index (χ4n) is 1.71. The molecular weight excluding hydrogens is 216 g/mol. The van der Waals surface area contributed by atoms with Crippen molar-refractivity contribution in [3.8, 4) is 22.4 Å². The number of rotatable bonds is 2. The molecule has 0 saturated heterocycles. The lowest BCUT2D eigenvalue weighted by Gasteiger charge is -2.01. The maximum absolute atomic E-state index is 3.97. The Kier molecular flexibility index (Phi) is 2.31. The van der Waals surface area contributed by atoms with Crippen LogP contribution in [0.1, 0.15) is 0 Å². The molecule has 2 heterocycles. The van der Waals surface area contributed by atoms with Crippen molar-refractivity contribution in [2.45, 2.75) is 0 Å². The van der Waals surface area contributed by atoms with Gasteiger partial charge >= 0.3 is 0 Å². The molecule has 0 fully saturated rings. The Hall–Kier alpha value is -1.87. The molecule has 0 aliphatic rings. The summed E-state index contributed by atoms with van der Waals surface area (Å²) in [6.45, 7) is 0. The normalized spacial score (nSPS) is 10.5. The van der Waals surface area contributed by atoms with Gasteiger partial charge in [-0.05, 0) is 40.1 Å². The number of aromatic nitrogens is 2. The van der Waals surface area contributed by atoms with E-state index in [-0.39, 0.29) is 0 Å². The number of hydrogen-bond acceptors (Lipinski definition) is 2. The van der Waals surface area contributed by atoms with Crippen LogP contribution in [-0.4, -0.2) is 10.2 Å². The fraction of sp³-hybridized carbons (Fsp3) is 0. The van der Waals surface area contributed by atoms with Gasteiger partial charge in [-0.2, -0.15) is 16.4 Å². The van der Waals surface area contributed by atoms with Crippen LogP contribution in [0.3, 0.4) is 0 Å². The fourth-order valence-corrected chi connectivity index (χ4v) is 2.38. The first-order chi connectivity index (χ1) is 7.93. The number of nitrogens with zero attached hydrogens (tertiary/aromatic N) is 1. The van der Waals surface area contributed by atoms with E-state index in [0.717, 1.165) is 5.69 Å². The van der Waals surface area contributed by atoms with Crippen LogP contribution in [0.25, 0.3) is 22.4 Å². The van der Waals surface area contributed by atoms with Crippen LogP contribution in [0.4, 0.5) is 0 Å². The molecule has 2 aromatic heterocycles. The van der Waals surface area contributed by atoms with E-state index in [2.05, 4.69) is 51.3 Å². The maximum atomic E-state index is 3.97. The van der Waals surface area contributed by atoms with E-state index in [9.17, 15) is 0 Å². The van der Waals surface area contributed by atoms with E-state index < -0.39 is 0 Å². The Morgan fingerprint density at radius 2 is 1.94 bits per heavy atom. The highest BCUT2D eigenvalue weighted by Crippen LogP contribution is 2.26. The number of H-pyrrole nitrogens is 1. The Morgan fingerprint density at radius 3 is 2.69 bits per heavy atom. The molecule has 0 aliphatic heterocycles. The third-order valence-electron chi connectivity index (χ3n) is 2.53. The SMILES string of the molecule is c1cc(-c2ccsc2)cc(-c2ccn[nH]2)c1. The van der Waals surface area contributed by atoms with Crippen LogP contribution >= 0.6 is 11.3 Å². The molecule has 16 heavy (non-hydrogen) atoms. The second-order valence-corrected chi connectivity index (χ2v) is 4.34. The summed E-state index contributed by atoms with van der Waals surface area (Å²) in [6.07, 6.45) is 1.77. The molecular formula is C13H10N2S. The van der Waals surface area contributed by atoms with E-state index >= 15 is 0 Å². The van der Waals surface area contributed by atoms with Gasteiger partial charge in [0.15, 0.2) is 0 Å². The molecule has 0 radical (unpaired) electrons. The molecule has 0 saturated carbocycles. The Labute approximate surface area is 97.6 Å². The summed E-state index contributed by atoms with van der Waals surface area (Å²) in [5.41, 5.74) is 4.73. The molecule has 0 amide bonds. The molecule has 78 valence electrons. The molecule has 2 nitrogen and oxygen atoms in total. The third-order valence-corrected chi connectivity index (χ3v) is 3.21. The summed E-state index contributed by atoms with van der Waals surface area (Å²) in [6, 6.07) is 12.6. The van der Waals surface area contributed by atoms with Crippen molar-refractivity contribution in [1.82, 2.24) is 10.2 Å². The van der Waals surface area contributed by atoms with Gasteiger partial charge in [0, 0.05) is 11.8 Å². The first-order valence-corrected chi connectivity index (χ1v) is 6.00. The van der Waals surface area contributed by atoms with E-state index in [1.807, 2.05) is 6.07 Å². The molecule has 3 heteroatoms. The first kappa shape index (κ1) is 9.36. The number of nitrogens with one attached hydrogen (secondary N) is 1. The van der Waals surface area contributed by atoms with Crippen molar-refractivity contribution in [3.05, 3.63) is 53.4 Å². The first-order valence-electron chi connectivity index (χ1n) is 5.06. The average molecular weight is 226 g/mol. The average Bonchev–Trinajstić information content (AvgIpc) is 3.03. The third kappa shape index (κ3) is 1.66. The Morgan fingerprint density at radius 1 is 1.00 bits per heavy atom. The van der Waals surface area contributed by atoms with Crippen molar-refractivity contribution in [2.24, 2.45) is 0 Å². The highest BCUT2D eigenvalue weighted by molar-refractivity contribution is 7.08. The zero-order valence-corrected chi connectivity index (χ0v) is 9.37. The van der Waals surface area contributed by atoms with Crippen LogP contribution in [0, 0.1) is 0 Å². The van der Waals surface area contributed by atoms with Crippen molar-refractivity contribution in [1.29, 1.82) is 0 Å². The molecule has 0 aliphatic carbocycles.